The van der Waals surface area contributed by atoms with Crippen LogP contribution in [-0.4, -0.2) is 38.3 Å². The maximum atomic E-state index is 11.1. The number of aromatic carboxylic acids is 2. The Hall–Kier alpha value is -3.55. The van der Waals surface area contributed by atoms with Crippen molar-refractivity contribution in [2.75, 3.05) is 10.6 Å². The third kappa shape index (κ3) is 5.19. The van der Waals surface area contributed by atoms with Gasteiger partial charge in [0.25, 0.3) is 0 Å². The molecule has 0 radical (unpaired) electrons. The highest BCUT2D eigenvalue weighted by Crippen LogP contribution is 2.31. The molecule has 1 unspecified atom stereocenters. The number of hydrogen-bond acceptors (Lipinski definition) is 5. The number of nitrogens with zero attached hydrogens (tertiary/aromatic N) is 1. The van der Waals surface area contributed by atoms with Gasteiger partial charge in [-0.3, -0.25) is 0 Å². The number of carboxylic acids is 2. The average Bonchev–Trinajstić information content (AvgIpc) is 3.37. The van der Waals surface area contributed by atoms with Crippen molar-refractivity contribution in [1.29, 1.82) is 0 Å². The fourth-order valence-corrected chi connectivity index (χ4v) is 4.14. The normalized spacial score (nSPS) is 14.7. The number of aromatic nitrogens is 2. The number of nitrogens with one attached hydrogen (secondary N) is 3. The quantitative estimate of drug-likeness (QED) is 0.265. The van der Waals surface area contributed by atoms with Gasteiger partial charge in [-0.25, -0.2) is 14.6 Å². The van der Waals surface area contributed by atoms with Crippen LogP contribution in [0.15, 0.2) is 36.4 Å². The average molecular weight is 437 g/mol. The van der Waals surface area contributed by atoms with Crippen LogP contribution in [0.1, 0.15) is 71.5 Å². The molecule has 32 heavy (non-hydrogen) atoms. The Kier molecular flexibility index (Phi) is 6.58. The number of carboxylic acid groups (broad SMARTS) is 2. The van der Waals surface area contributed by atoms with E-state index in [2.05, 4.69) is 20.6 Å². The molecule has 1 atom stereocenters. The smallest absolute Gasteiger partial charge is 0.335 e. The number of hydrogen-bond donors (Lipinski definition) is 5. The molecule has 0 fully saturated rings. The first-order valence-corrected chi connectivity index (χ1v) is 11.1. The van der Waals surface area contributed by atoms with E-state index in [0.29, 0.717) is 5.56 Å². The van der Waals surface area contributed by atoms with E-state index in [1.807, 2.05) is 6.07 Å². The summed E-state index contributed by atoms with van der Waals surface area (Å²) in [4.78, 5) is 29.9. The summed E-state index contributed by atoms with van der Waals surface area (Å²) < 4.78 is 0. The van der Waals surface area contributed by atoms with Crippen LogP contribution in [0.2, 0.25) is 0 Å². The van der Waals surface area contributed by atoms with Crippen LogP contribution in [0.5, 0.6) is 0 Å². The zero-order valence-corrected chi connectivity index (χ0v) is 17.9. The van der Waals surface area contributed by atoms with Crippen molar-refractivity contribution < 1.29 is 19.8 Å². The molecular formula is C24H28N4O4. The maximum Gasteiger partial charge on any atom is 0.335 e. The number of unbranched alkanes of at least 4 members (excludes halogenated alkanes) is 5. The molecule has 4 rings (SSSR count). The van der Waals surface area contributed by atoms with Gasteiger partial charge in [-0.05, 0) is 55.7 Å². The Morgan fingerprint density at radius 3 is 2.25 bits per heavy atom. The molecule has 3 aromatic rings. The minimum Gasteiger partial charge on any atom is -0.478 e. The number of fused-ring (bicyclic) bond motifs is 2. The van der Waals surface area contributed by atoms with E-state index < -0.39 is 11.9 Å². The minimum atomic E-state index is -0.931. The van der Waals surface area contributed by atoms with Crippen LogP contribution in [0.4, 0.5) is 11.4 Å². The predicted octanol–water partition coefficient (Wildman–Crippen LogP) is 5.10. The number of carbonyl (C=O) groups is 2. The number of benzene rings is 2. The van der Waals surface area contributed by atoms with Crippen molar-refractivity contribution in [3.8, 4) is 0 Å². The van der Waals surface area contributed by atoms with Gasteiger partial charge in [0.05, 0.1) is 39.7 Å². The highest BCUT2D eigenvalue weighted by molar-refractivity contribution is 5.92. The molecule has 2 heterocycles. The van der Waals surface area contributed by atoms with Crippen molar-refractivity contribution in [2.24, 2.45) is 0 Å². The first-order valence-electron chi connectivity index (χ1n) is 11.1. The van der Waals surface area contributed by atoms with E-state index in [1.54, 1.807) is 30.3 Å². The first kappa shape index (κ1) is 21.7. The van der Waals surface area contributed by atoms with Gasteiger partial charge < -0.3 is 25.8 Å². The van der Waals surface area contributed by atoms with Gasteiger partial charge in [0.2, 0.25) is 0 Å². The molecule has 168 valence electrons. The topological polar surface area (TPSA) is 127 Å². The minimum absolute atomic E-state index is 0.156. The third-order valence-electron chi connectivity index (χ3n) is 5.86. The molecular weight excluding hydrogens is 408 g/mol. The van der Waals surface area contributed by atoms with Gasteiger partial charge in [-0.15, -0.1) is 0 Å². The van der Waals surface area contributed by atoms with Gasteiger partial charge >= 0.3 is 11.9 Å². The third-order valence-corrected chi connectivity index (χ3v) is 5.86. The van der Waals surface area contributed by atoms with Gasteiger partial charge in [0, 0.05) is 6.42 Å². The highest BCUT2D eigenvalue weighted by atomic mass is 16.4. The van der Waals surface area contributed by atoms with Gasteiger partial charge in [-0.2, -0.15) is 0 Å². The van der Waals surface area contributed by atoms with Crippen LogP contribution in [0.25, 0.3) is 11.0 Å². The second-order valence-corrected chi connectivity index (χ2v) is 8.29. The number of anilines is 2. The number of imidazole rings is 1. The van der Waals surface area contributed by atoms with E-state index in [1.165, 1.54) is 19.3 Å². The molecule has 1 aromatic heterocycles. The largest absolute Gasteiger partial charge is 0.478 e. The van der Waals surface area contributed by atoms with Crippen LogP contribution >= 0.6 is 0 Å². The lowest BCUT2D eigenvalue weighted by Crippen LogP contribution is -2.21. The highest BCUT2D eigenvalue weighted by Gasteiger charge is 2.20. The molecule has 1 aliphatic rings. The molecule has 0 bridgehead atoms. The summed E-state index contributed by atoms with van der Waals surface area (Å²) in [5.74, 6) is -0.934. The van der Waals surface area contributed by atoms with E-state index in [-0.39, 0.29) is 11.7 Å². The zero-order valence-electron chi connectivity index (χ0n) is 17.9. The number of H-pyrrole nitrogens is 1. The summed E-state index contributed by atoms with van der Waals surface area (Å²) in [5, 5.41) is 24.9. The standard InChI is InChI=1S/C24H28N4O4/c29-23(30)15-9-11-17-19(13-15)27-21(25-17)7-5-3-1-2-4-6-8-22-26-18-12-10-16(24(31)32)14-20(18)28-22/h9-14,21,25,27H,1-8H2,(H,26,28)(H,29,30)(H,31,32). The summed E-state index contributed by atoms with van der Waals surface area (Å²) in [5.41, 5.74) is 3.97. The zero-order chi connectivity index (χ0) is 22.5. The molecule has 0 saturated carbocycles. The monoisotopic (exact) mass is 436 g/mol. The molecule has 5 N–H and O–H groups in total. The molecule has 0 saturated heterocycles. The lowest BCUT2D eigenvalue weighted by Gasteiger charge is -2.11. The number of rotatable bonds is 11. The van der Waals surface area contributed by atoms with Crippen LogP contribution in [-0.2, 0) is 6.42 Å². The summed E-state index contributed by atoms with van der Waals surface area (Å²) in [7, 11) is 0. The molecule has 2 aromatic carbocycles. The predicted molar refractivity (Wildman–Crippen MR) is 124 cm³/mol. The molecule has 1 aliphatic heterocycles. The van der Waals surface area contributed by atoms with Crippen LogP contribution < -0.4 is 10.6 Å². The van der Waals surface area contributed by atoms with Crippen LogP contribution in [0, 0.1) is 0 Å². The Morgan fingerprint density at radius 2 is 1.47 bits per heavy atom. The van der Waals surface area contributed by atoms with Crippen molar-refractivity contribution in [3.05, 3.63) is 53.3 Å². The van der Waals surface area contributed by atoms with Gasteiger partial charge in [0.15, 0.2) is 0 Å². The Morgan fingerprint density at radius 1 is 0.812 bits per heavy atom. The van der Waals surface area contributed by atoms with Crippen molar-refractivity contribution in [1.82, 2.24) is 9.97 Å². The number of aryl methyl sites for hydroxylation is 1. The second-order valence-electron chi connectivity index (χ2n) is 8.29. The van der Waals surface area contributed by atoms with E-state index in [0.717, 1.165) is 60.3 Å². The van der Waals surface area contributed by atoms with E-state index >= 15 is 0 Å². The molecule has 0 amide bonds. The van der Waals surface area contributed by atoms with E-state index in [9.17, 15) is 9.59 Å². The second kappa shape index (κ2) is 9.72. The Bertz CT molecular complexity index is 1120. The van der Waals surface area contributed by atoms with Gasteiger partial charge in [0.1, 0.15) is 5.82 Å². The fraction of sp³-hybridized carbons (Fsp3) is 0.375. The van der Waals surface area contributed by atoms with Crippen LogP contribution in [0.3, 0.4) is 0 Å². The maximum absolute atomic E-state index is 11.1. The molecule has 8 heteroatoms. The fourth-order valence-electron chi connectivity index (χ4n) is 4.14. The van der Waals surface area contributed by atoms with Crippen molar-refractivity contribution >= 4 is 34.3 Å². The summed E-state index contributed by atoms with van der Waals surface area (Å²) in [6.07, 6.45) is 8.85. The van der Waals surface area contributed by atoms with Crippen molar-refractivity contribution in [2.45, 2.75) is 57.5 Å². The number of aromatic amines is 1. The SMILES string of the molecule is O=C(O)c1ccc2c(c1)NC(CCCCCCCCc1nc3ccc(C(=O)O)cc3[nH]1)N2. The Balaban J connectivity index is 1.10. The summed E-state index contributed by atoms with van der Waals surface area (Å²) in [6.45, 7) is 0. The summed E-state index contributed by atoms with van der Waals surface area (Å²) in [6, 6.07) is 10.1. The molecule has 8 nitrogen and oxygen atoms in total. The molecule has 0 spiro atoms. The molecule has 0 aliphatic carbocycles. The lowest BCUT2D eigenvalue weighted by atomic mass is 10.1. The van der Waals surface area contributed by atoms with E-state index in [4.69, 9.17) is 10.2 Å². The lowest BCUT2D eigenvalue weighted by molar-refractivity contribution is 0.0686. The van der Waals surface area contributed by atoms with Crippen molar-refractivity contribution in [3.63, 3.8) is 0 Å². The first-order chi connectivity index (χ1) is 15.5. The Labute approximate surface area is 186 Å². The summed E-state index contributed by atoms with van der Waals surface area (Å²) >= 11 is 0. The van der Waals surface area contributed by atoms with Gasteiger partial charge in [-0.1, -0.05) is 25.7 Å².